The SMILES string of the molecule is CSc1ccc(F)c(-c2cc(C(=O)O)nn2C)c1F. The van der Waals surface area contributed by atoms with Gasteiger partial charge < -0.3 is 5.11 Å². The van der Waals surface area contributed by atoms with E-state index in [1.807, 2.05) is 0 Å². The fourth-order valence-corrected chi connectivity index (χ4v) is 2.22. The minimum Gasteiger partial charge on any atom is -0.476 e. The van der Waals surface area contributed by atoms with Gasteiger partial charge in [0, 0.05) is 11.9 Å². The summed E-state index contributed by atoms with van der Waals surface area (Å²) in [5.74, 6) is -2.72. The van der Waals surface area contributed by atoms with E-state index in [4.69, 9.17) is 5.11 Å². The van der Waals surface area contributed by atoms with Gasteiger partial charge >= 0.3 is 5.97 Å². The molecule has 0 aliphatic heterocycles. The van der Waals surface area contributed by atoms with Crippen molar-refractivity contribution in [1.82, 2.24) is 9.78 Å². The Hall–Kier alpha value is -1.89. The molecule has 4 nitrogen and oxygen atoms in total. The average Bonchev–Trinajstić information content (AvgIpc) is 2.72. The lowest BCUT2D eigenvalue weighted by molar-refractivity contribution is 0.0689. The van der Waals surface area contributed by atoms with Crippen LogP contribution in [0.3, 0.4) is 0 Å². The summed E-state index contributed by atoms with van der Waals surface area (Å²) in [7, 11) is 1.44. The number of aromatic carboxylic acids is 1. The quantitative estimate of drug-likeness (QED) is 0.881. The molecule has 0 fully saturated rings. The molecule has 0 aliphatic rings. The van der Waals surface area contributed by atoms with Gasteiger partial charge in [-0.25, -0.2) is 13.6 Å². The molecule has 100 valence electrons. The molecule has 0 saturated carbocycles. The largest absolute Gasteiger partial charge is 0.476 e. The highest BCUT2D eigenvalue weighted by Crippen LogP contribution is 2.32. The number of nitrogens with zero attached hydrogens (tertiary/aromatic N) is 2. The molecule has 7 heteroatoms. The summed E-state index contributed by atoms with van der Waals surface area (Å²) in [5, 5.41) is 12.5. The smallest absolute Gasteiger partial charge is 0.356 e. The molecule has 0 spiro atoms. The second-order valence-electron chi connectivity index (χ2n) is 3.78. The maximum atomic E-state index is 14.2. The molecular formula is C12H10F2N2O2S. The molecule has 19 heavy (non-hydrogen) atoms. The zero-order valence-electron chi connectivity index (χ0n) is 10.1. The second-order valence-corrected chi connectivity index (χ2v) is 4.63. The maximum Gasteiger partial charge on any atom is 0.356 e. The van der Waals surface area contributed by atoms with Crippen LogP contribution < -0.4 is 0 Å². The number of rotatable bonds is 3. The molecule has 0 radical (unpaired) electrons. The van der Waals surface area contributed by atoms with Gasteiger partial charge in [0.25, 0.3) is 0 Å². The monoisotopic (exact) mass is 284 g/mol. The highest BCUT2D eigenvalue weighted by atomic mass is 32.2. The van der Waals surface area contributed by atoms with Gasteiger partial charge in [0.15, 0.2) is 5.69 Å². The van der Waals surface area contributed by atoms with Gasteiger partial charge in [-0.1, -0.05) is 0 Å². The van der Waals surface area contributed by atoms with Gasteiger partial charge in [0.05, 0.1) is 11.3 Å². The van der Waals surface area contributed by atoms with E-state index in [0.29, 0.717) is 0 Å². The van der Waals surface area contributed by atoms with Crippen molar-refractivity contribution in [2.24, 2.45) is 7.05 Å². The Morgan fingerprint density at radius 2 is 2.11 bits per heavy atom. The van der Waals surface area contributed by atoms with E-state index in [1.165, 1.54) is 13.1 Å². The normalized spacial score (nSPS) is 10.7. The molecule has 0 aliphatic carbocycles. The molecular weight excluding hydrogens is 274 g/mol. The van der Waals surface area contributed by atoms with E-state index in [1.54, 1.807) is 6.26 Å². The molecule has 2 aromatic rings. The molecule has 0 amide bonds. The van der Waals surface area contributed by atoms with E-state index >= 15 is 0 Å². The zero-order valence-corrected chi connectivity index (χ0v) is 11.0. The highest BCUT2D eigenvalue weighted by Gasteiger charge is 2.20. The van der Waals surface area contributed by atoms with Gasteiger partial charge in [0.2, 0.25) is 0 Å². The minimum atomic E-state index is -1.25. The third-order valence-corrected chi connectivity index (χ3v) is 3.39. The fourth-order valence-electron chi connectivity index (χ4n) is 1.73. The summed E-state index contributed by atoms with van der Waals surface area (Å²) in [6.07, 6.45) is 1.67. The number of carboxylic acid groups (broad SMARTS) is 1. The van der Waals surface area contributed by atoms with Crippen molar-refractivity contribution >= 4 is 17.7 Å². The van der Waals surface area contributed by atoms with Crippen molar-refractivity contribution in [3.05, 3.63) is 35.5 Å². The standard InChI is InChI=1S/C12H10F2N2O2S/c1-16-8(5-7(15-16)12(17)18)10-6(13)3-4-9(19-2)11(10)14/h3-5H,1-2H3,(H,17,18). The first kappa shape index (κ1) is 13.5. The van der Waals surface area contributed by atoms with Crippen molar-refractivity contribution in [3.8, 4) is 11.3 Å². The lowest BCUT2D eigenvalue weighted by Crippen LogP contribution is -2.01. The van der Waals surface area contributed by atoms with Crippen LogP contribution >= 0.6 is 11.8 Å². The summed E-state index contributed by atoms with van der Waals surface area (Å²) in [5.41, 5.74) is -0.441. The fraction of sp³-hybridized carbons (Fsp3) is 0.167. The molecule has 1 N–H and O–H groups in total. The Labute approximate surface area is 112 Å². The third-order valence-electron chi connectivity index (χ3n) is 2.63. The van der Waals surface area contributed by atoms with Crippen molar-refractivity contribution < 1.29 is 18.7 Å². The number of halogens is 2. The molecule has 1 aromatic heterocycles. The van der Waals surface area contributed by atoms with E-state index in [9.17, 15) is 13.6 Å². The first-order valence-electron chi connectivity index (χ1n) is 5.25. The Morgan fingerprint density at radius 1 is 1.42 bits per heavy atom. The number of aromatic nitrogens is 2. The molecule has 0 bridgehead atoms. The van der Waals surface area contributed by atoms with Crippen LogP contribution in [0.5, 0.6) is 0 Å². The lowest BCUT2D eigenvalue weighted by Gasteiger charge is -2.08. The summed E-state index contributed by atoms with van der Waals surface area (Å²) < 4.78 is 29.1. The van der Waals surface area contributed by atoms with Crippen LogP contribution in [0.25, 0.3) is 11.3 Å². The predicted molar refractivity (Wildman–Crippen MR) is 67.3 cm³/mol. The van der Waals surface area contributed by atoms with E-state index in [0.717, 1.165) is 28.6 Å². The van der Waals surface area contributed by atoms with Crippen LogP contribution in [-0.2, 0) is 7.05 Å². The molecule has 0 saturated heterocycles. The van der Waals surface area contributed by atoms with Crippen molar-refractivity contribution in [1.29, 1.82) is 0 Å². The second kappa shape index (κ2) is 5.00. The van der Waals surface area contributed by atoms with Crippen LogP contribution in [0.1, 0.15) is 10.5 Å². The van der Waals surface area contributed by atoms with Gasteiger partial charge in [-0.05, 0) is 24.5 Å². The molecule has 1 aromatic carbocycles. The lowest BCUT2D eigenvalue weighted by atomic mass is 10.1. The first-order valence-corrected chi connectivity index (χ1v) is 6.48. The number of carboxylic acids is 1. The number of carbonyl (C=O) groups is 1. The Morgan fingerprint density at radius 3 is 2.63 bits per heavy atom. The number of thioether (sulfide) groups is 1. The van der Waals surface area contributed by atoms with Crippen molar-refractivity contribution in [2.45, 2.75) is 4.90 Å². The van der Waals surface area contributed by atoms with Crippen LogP contribution in [-0.4, -0.2) is 27.1 Å². The van der Waals surface area contributed by atoms with Gasteiger partial charge in [-0.15, -0.1) is 11.8 Å². The topological polar surface area (TPSA) is 55.1 Å². The highest BCUT2D eigenvalue weighted by molar-refractivity contribution is 7.98. The summed E-state index contributed by atoms with van der Waals surface area (Å²) in [4.78, 5) is 11.1. The van der Waals surface area contributed by atoms with Crippen molar-refractivity contribution in [2.75, 3.05) is 6.26 Å². The van der Waals surface area contributed by atoms with E-state index in [-0.39, 0.29) is 21.8 Å². The number of benzene rings is 1. The van der Waals surface area contributed by atoms with Crippen LogP contribution in [0.2, 0.25) is 0 Å². The molecule has 0 unspecified atom stereocenters. The molecule has 0 atom stereocenters. The Balaban J connectivity index is 2.68. The molecule has 2 rings (SSSR count). The molecule has 1 heterocycles. The zero-order chi connectivity index (χ0) is 14.2. The Bertz CT molecular complexity index is 655. The summed E-state index contributed by atoms with van der Waals surface area (Å²) >= 11 is 1.14. The van der Waals surface area contributed by atoms with Gasteiger partial charge in [-0.3, -0.25) is 4.68 Å². The number of aryl methyl sites for hydroxylation is 1. The Kier molecular flexibility index (Phi) is 3.57. The van der Waals surface area contributed by atoms with Crippen molar-refractivity contribution in [3.63, 3.8) is 0 Å². The number of hydrogen-bond acceptors (Lipinski definition) is 3. The maximum absolute atomic E-state index is 14.2. The van der Waals surface area contributed by atoms with Gasteiger partial charge in [0.1, 0.15) is 11.6 Å². The van der Waals surface area contributed by atoms with E-state index in [2.05, 4.69) is 5.10 Å². The van der Waals surface area contributed by atoms with E-state index < -0.39 is 17.6 Å². The number of hydrogen-bond donors (Lipinski definition) is 1. The summed E-state index contributed by atoms with van der Waals surface area (Å²) in [6, 6.07) is 3.64. The average molecular weight is 284 g/mol. The van der Waals surface area contributed by atoms with Crippen LogP contribution in [0.15, 0.2) is 23.1 Å². The van der Waals surface area contributed by atoms with Crippen LogP contribution in [0, 0.1) is 11.6 Å². The first-order chi connectivity index (χ1) is 8.95. The van der Waals surface area contributed by atoms with Crippen LogP contribution in [0.4, 0.5) is 8.78 Å². The third kappa shape index (κ3) is 2.33. The minimum absolute atomic E-state index is 0.0864. The predicted octanol–water partition coefficient (Wildman–Crippen LogP) is 2.79. The van der Waals surface area contributed by atoms with Gasteiger partial charge in [-0.2, -0.15) is 5.10 Å². The summed E-state index contributed by atoms with van der Waals surface area (Å²) in [6.45, 7) is 0.